The van der Waals surface area contributed by atoms with E-state index in [0.29, 0.717) is 12.8 Å². The Hall–Kier alpha value is -0.770. The van der Waals surface area contributed by atoms with Crippen LogP contribution < -0.4 is 0 Å². The average molecular weight is 225 g/mol. The summed E-state index contributed by atoms with van der Waals surface area (Å²) in [5, 5.41) is 8.34. The third-order valence-corrected chi connectivity index (χ3v) is 1.88. The summed E-state index contributed by atoms with van der Waals surface area (Å²) < 4.78 is 4.53. The molecule has 0 amide bonds. The van der Waals surface area contributed by atoms with Crippen LogP contribution in [0, 0.1) is 5.92 Å². The van der Waals surface area contributed by atoms with Crippen LogP contribution in [0.4, 0.5) is 0 Å². The molecule has 1 atom stereocenters. The maximum absolute atomic E-state index is 10.9. The van der Waals surface area contributed by atoms with Crippen molar-refractivity contribution in [1.29, 1.82) is 0 Å². The first-order valence-electron chi connectivity index (χ1n) is 4.37. The lowest BCUT2D eigenvalue weighted by Crippen LogP contribution is -2.12. The topological polar surface area (TPSA) is 63.6 Å². The summed E-state index contributed by atoms with van der Waals surface area (Å²) in [6.07, 6.45) is 2.24. The molecule has 0 aliphatic carbocycles. The number of esters is 1. The van der Waals surface area contributed by atoms with Crippen LogP contribution in [0.3, 0.4) is 0 Å². The number of carboxylic acid groups (broad SMARTS) is 1. The monoisotopic (exact) mass is 224 g/mol. The number of rotatable bonds is 6. The van der Waals surface area contributed by atoms with Crippen molar-refractivity contribution in [3.63, 3.8) is 0 Å². The number of carbonyl (C=O) groups excluding carboxylic acids is 1. The van der Waals surface area contributed by atoms with Gasteiger partial charge in [-0.25, -0.2) is 0 Å². The zero-order valence-corrected chi connectivity index (χ0v) is 9.30. The summed E-state index contributed by atoms with van der Waals surface area (Å²) in [6.45, 7) is 1.78. The van der Waals surface area contributed by atoms with Gasteiger partial charge in [0.1, 0.15) is 0 Å². The van der Waals surface area contributed by atoms with Crippen molar-refractivity contribution in [2.45, 2.75) is 32.6 Å². The maximum Gasteiger partial charge on any atom is 0.308 e. The molecule has 0 aromatic rings. The van der Waals surface area contributed by atoms with Gasteiger partial charge in [0.05, 0.1) is 13.0 Å². The molecule has 0 saturated carbocycles. The standard InChI is InChI=1S/C9H16O4.ClH/c1-7(9(12)13-2)5-3-4-6-8(10)11;/h7H,3-6H2,1-2H3,(H,10,11);1H. The lowest BCUT2D eigenvalue weighted by molar-refractivity contribution is -0.145. The summed E-state index contributed by atoms with van der Waals surface area (Å²) in [5.41, 5.74) is 0. The molecule has 1 unspecified atom stereocenters. The van der Waals surface area contributed by atoms with Crippen LogP contribution >= 0.6 is 12.4 Å². The van der Waals surface area contributed by atoms with Crippen molar-refractivity contribution in [3.8, 4) is 0 Å². The van der Waals surface area contributed by atoms with Gasteiger partial charge < -0.3 is 9.84 Å². The van der Waals surface area contributed by atoms with Crippen molar-refractivity contribution in [1.82, 2.24) is 0 Å². The van der Waals surface area contributed by atoms with Gasteiger partial charge in [0, 0.05) is 6.42 Å². The minimum absolute atomic E-state index is 0. The molecule has 0 aromatic heterocycles. The number of aliphatic carboxylic acids is 1. The normalized spacial score (nSPS) is 11.3. The first kappa shape index (κ1) is 15.7. The zero-order chi connectivity index (χ0) is 10.3. The molecule has 14 heavy (non-hydrogen) atoms. The number of hydrogen-bond acceptors (Lipinski definition) is 3. The Labute approximate surface area is 90.0 Å². The molecule has 0 fully saturated rings. The Morgan fingerprint density at radius 3 is 2.36 bits per heavy atom. The molecule has 0 aliphatic heterocycles. The van der Waals surface area contributed by atoms with Gasteiger partial charge in [-0.15, -0.1) is 12.4 Å². The smallest absolute Gasteiger partial charge is 0.308 e. The van der Waals surface area contributed by atoms with E-state index in [1.807, 2.05) is 0 Å². The third kappa shape index (κ3) is 7.86. The largest absolute Gasteiger partial charge is 0.481 e. The predicted molar refractivity (Wildman–Crippen MR) is 54.5 cm³/mol. The molecule has 5 heteroatoms. The van der Waals surface area contributed by atoms with Crippen LogP contribution in [0.5, 0.6) is 0 Å². The molecule has 0 spiro atoms. The van der Waals surface area contributed by atoms with E-state index >= 15 is 0 Å². The molecule has 84 valence electrons. The van der Waals surface area contributed by atoms with E-state index in [0.717, 1.165) is 6.42 Å². The van der Waals surface area contributed by atoms with Gasteiger partial charge in [0.2, 0.25) is 0 Å². The average Bonchev–Trinajstić information content (AvgIpc) is 2.10. The Morgan fingerprint density at radius 1 is 1.36 bits per heavy atom. The summed E-state index contributed by atoms with van der Waals surface area (Å²) in [4.78, 5) is 21.0. The lowest BCUT2D eigenvalue weighted by atomic mass is 10.0. The minimum atomic E-state index is -0.786. The van der Waals surface area contributed by atoms with Gasteiger partial charge in [-0.05, 0) is 12.8 Å². The van der Waals surface area contributed by atoms with Gasteiger partial charge >= 0.3 is 11.9 Å². The van der Waals surface area contributed by atoms with Gasteiger partial charge in [-0.3, -0.25) is 9.59 Å². The summed E-state index contributed by atoms with van der Waals surface area (Å²) >= 11 is 0. The van der Waals surface area contributed by atoms with E-state index in [-0.39, 0.29) is 30.7 Å². The van der Waals surface area contributed by atoms with E-state index < -0.39 is 5.97 Å². The SMILES string of the molecule is COC(=O)C(C)CCCCC(=O)O.Cl. The van der Waals surface area contributed by atoms with Crippen LogP contribution in [0.1, 0.15) is 32.6 Å². The quantitative estimate of drug-likeness (QED) is 0.553. The number of carbonyl (C=O) groups is 2. The number of halogens is 1. The summed E-state index contributed by atoms with van der Waals surface area (Å²) in [7, 11) is 1.36. The molecule has 0 aliphatic rings. The molecule has 0 radical (unpaired) electrons. The Balaban J connectivity index is 0. The van der Waals surface area contributed by atoms with E-state index in [2.05, 4.69) is 4.74 Å². The highest BCUT2D eigenvalue weighted by atomic mass is 35.5. The first-order chi connectivity index (χ1) is 6.07. The summed E-state index contributed by atoms with van der Waals surface area (Å²) in [6, 6.07) is 0. The predicted octanol–water partition coefficient (Wildman–Crippen LogP) is 1.86. The molecular weight excluding hydrogens is 208 g/mol. The molecule has 1 N–H and O–H groups in total. The van der Waals surface area contributed by atoms with E-state index in [1.54, 1.807) is 6.92 Å². The van der Waals surface area contributed by atoms with Crippen molar-refractivity contribution >= 4 is 24.3 Å². The van der Waals surface area contributed by atoms with Crippen molar-refractivity contribution in [3.05, 3.63) is 0 Å². The van der Waals surface area contributed by atoms with Gasteiger partial charge in [-0.2, -0.15) is 0 Å². The lowest BCUT2D eigenvalue weighted by Gasteiger charge is -2.07. The van der Waals surface area contributed by atoms with Crippen LogP contribution in [-0.2, 0) is 14.3 Å². The van der Waals surface area contributed by atoms with Crippen molar-refractivity contribution in [2.24, 2.45) is 5.92 Å². The van der Waals surface area contributed by atoms with Crippen LogP contribution in [0.15, 0.2) is 0 Å². The number of methoxy groups -OCH3 is 1. The molecular formula is C9H17ClO4. The molecule has 0 aromatic carbocycles. The van der Waals surface area contributed by atoms with E-state index in [9.17, 15) is 9.59 Å². The number of unbranched alkanes of at least 4 members (excludes halogenated alkanes) is 1. The number of carboxylic acids is 1. The van der Waals surface area contributed by atoms with Gasteiger partial charge in [0.25, 0.3) is 0 Å². The molecule has 0 rings (SSSR count). The second-order valence-corrected chi connectivity index (χ2v) is 3.06. The second-order valence-electron chi connectivity index (χ2n) is 3.06. The van der Waals surface area contributed by atoms with Crippen LogP contribution in [0.25, 0.3) is 0 Å². The first-order valence-corrected chi connectivity index (χ1v) is 4.37. The Kier molecular flexibility index (Phi) is 9.88. The fourth-order valence-electron chi connectivity index (χ4n) is 1.05. The molecule has 0 saturated heterocycles. The maximum atomic E-state index is 10.9. The Bertz CT molecular complexity index is 182. The highest BCUT2D eigenvalue weighted by Crippen LogP contribution is 2.10. The highest BCUT2D eigenvalue weighted by molar-refractivity contribution is 5.85. The second kappa shape index (κ2) is 8.81. The fraction of sp³-hybridized carbons (Fsp3) is 0.778. The zero-order valence-electron chi connectivity index (χ0n) is 8.49. The molecule has 0 bridgehead atoms. The minimum Gasteiger partial charge on any atom is -0.481 e. The summed E-state index contributed by atoms with van der Waals surface area (Å²) in [5.74, 6) is -1.14. The van der Waals surface area contributed by atoms with Crippen LogP contribution in [0.2, 0.25) is 0 Å². The van der Waals surface area contributed by atoms with Crippen LogP contribution in [-0.4, -0.2) is 24.2 Å². The van der Waals surface area contributed by atoms with Crippen molar-refractivity contribution in [2.75, 3.05) is 7.11 Å². The fourth-order valence-corrected chi connectivity index (χ4v) is 1.05. The number of ether oxygens (including phenoxy) is 1. The molecule has 0 heterocycles. The highest BCUT2D eigenvalue weighted by Gasteiger charge is 2.12. The van der Waals surface area contributed by atoms with E-state index in [4.69, 9.17) is 5.11 Å². The Morgan fingerprint density at radius 2 is 1.93 bits per heavy atom. The molecule has 4 nitrogen and oxygen atoms in total. The van der Waals surface area contributed by atoms with E-state index in [1.165, 1.54) is 7.11 Å². The number of hydrogen-bond donors (Lipinski definition) is 1. The van der Waals surface area contributed by atoms with Crippen molar-refractivity contribution < 1.29 is 19.4 Å². The third-order valence-electron chi connectivity index (χ3n) is 1.88. The van der Waals surface area contributed by atoms with Gasteiger partial charge in [0.15, 0.2) is 0 Å². The van der Waals surface area contributed by atoms with Gasteiger partial charge in [-0.1, -0.05) is 13.3 Å².